The molecule has 7 rings (SSSR count). The predicted molar refractivity (Wildman–Crippen MR) is 119 cm³/mol. The Labute approximate surface area is 189 Å². The predicted octanol–water partition coefficient (Wildman–Crippen LogP) is 4.36. The number of esters is 1. The zero-order valence-electron chi connectivity index (χ0n) is 17.1. The molecule has 158 valence electrons. The minimum atomic E-state index is -1.11. The number of imide groups is 1. The quantitative estimate of drug-likeness (QED) is 0.255. The molecule has 1 aliphatic heterocycles. The standard InChI is InChI=1S/C26H18ClNO4/c1-14(29)32-16-12-10-15(11-13-16)28-24(30)22-21-17-6-2-4-8-19(17)26(27,23(22)25(28)31)20-9-5-3-7-18(20)21/h2-13,21-23H,1H3/t21?,22-,23+,26?/m0/s1. The number of hydrogen-bond donors (Lipinski definition) is 0. The number of hydrogen-bond acceptors (Lipinski definition) is 4. The van der Waals surface area contributed by atoms with Crippen LogP contribution in [-0.2, 0) is 19.3 Å². The molecule has 2 bridgehead atoms. The van der Waals surface area contributed by atoms with Crippen LogP contribution in [-0.4, -0.2) is 17.8 Å². The minimum Gasteiger partial charge on any atom is -0.427 e. The zero-order valence-corrected chi connectivity index (χ0v) is 17.9. The monoisotopic (exact) mass is 443 g/mol. The van der Waals surface area contributed by atoms with Crippen molar-refractivity contribution in [3.05, 3.63) is 95.1 Å². The fraction of sp³-hybridized carbons (Fsp3) is 0.192. The van der Waals surface area contributed by atoms with E-state index < -0.39 is 22.7 Å². The van der Waals surface area contributed by atoms with E-state index in [1.807, 2.05) is 48.5 Å². The number of anilines is 1. The van der Waals surface area contributed by atoms with Crippen molar-refractivity contribution in [3.63, 3.8) is 0 Å². The van der Waals surface area contributed by atoms with Crippen LogP contribution >= 0.6 is 11.6 Å². The highest BCUT2D eigenvalue weighted by molar-refractivity contribution is 6.33. The van der Waals surface area contributed by atoms with E-state index in [0.29, 0.717) is 11.4 Å². The topological polar surface area (TPSA) is 63.7 Å². The number of benzene rings is 3. The molecule has 5 nitrogen and oxygen atoms in total. The maximum absolute atomic E-state index is 13.8. The second-order valence-electron chi connectivity index (χ2n) is 8.47. The van der Waals surface area contributed by atoms with Crippen molar-refractivity contribution in [3.8, 4) is 5.75 Å². The van der Waals surface area contributed by atoms with E-state index in [-0.39, 0.29) is 17.7 Å². The molecule has 1 fully saturated rings. The van der Waals surface area contributed by atoms with E-state index in [4.69, 9.17) is 16.3 Å². The first-order chi connectivity index (χ1) is 15.4. The number of rotatable bonds is 2. The molecule has 3 aromatic carbocycles. The third-order valence-electron chi connectivity index (χ3n) is 6.87. The van der Waals surface area contributed by atoms with Crippen molar-refractivity contribution in [1.82, 2.24) is 0 Å². The molecular formula is C26H18ClNO4. The van der Waals surface area contributed by atoms with E-state index in [1.165, 1.54) is 11.8 Å². The van der Waals surface area contributed by atoms with E-state index in [2.05, 4.69) is 0 Å². The average Bonchev–Trinajstić information content (AvgIpc) is 3.06. The van der Waals surface area contributed by atoms with E-state index in [1.54, 1.807) is 24.3 Å². The van der Waals surface area contributed by atoms with Crippen molar-refractivity contribution in [2.75, 3.05) is 4.90 Å². The van der Waals surface area contributed by atoms with Gasteiger partial charge < -0.3 is 4.74 Å². The highest BCUT2D eigenvalue weighted by Crippen LogP contribution is 2.65. The number of carbonyl (C=O) groups is 3. The summed E-state index contributed by atoms with van der Waals surface area (Å²) in [6.07, 6.45) is 0. The summed E-state index contributed by atoms with van der Waals surface area (Å²) >= 11 is 7.40. The lowest BCUT2D eigenvalue weighted by Crippen LogP contribution is -2.50. The van der Waals surface area contributed by atoms with Crippen LogP contribution in [0.3, 0.4) is 0 Å². The summed E-state index contributed by atoms with van der Waals surface area (Å²) in [6.45, 7) is 1.32. The van der Waals surface area contributed by atoms with Crippen molar-refractivity contribution >= 4 is 35.1 Å². The van der Waals surface area contributed by atoms with Crippen LogP contribution in [0.5, 0.6) is 5.75 Å². The normalized spacial score (nSPS) is 27.1. The number of ether oxygens (including phenoxy) is 1. The highest BCUT2D eigenvalue weighted by atomic mass is 35.5. The summed E-state index contributed by atoms with van der Waals surface area (Å²) in [6, 6.07) is 22.1. The molecule has 0 unspecified atom stereocenters. The number of nitrogens with zero attached hydrogens (tertiary/aromatic N) is 1. The van der Waals surface area contributed by atoms with Crippen molar-refractivity contribution in [2.24, 2.45) is 11.8 Å². The van der Waals surface area contributed by atoms with Gasteiger partial charge in [0.15, 0.2) is 0 Å². The molecule has 4 aliphatic rings. The van der Waals surface area contributed by atoms with Crippen LogP contribution in [0.25, 0.3) is 0 Å². The van der Waals surface area contributed by atoms with Crippen LogP contribution in [0, 0.1) is 11.8 Å². The van der Waals surface area contributed by atoms with E-state index in [0.717, 1.165) is 22.3 Å². The Morgan fingerprint density at radius 3 is 2.00 bits per heavy atom. The first-order valence-corrected chi connectivity index (χ1v) is 10.8. The van der Waals surface area contributed by atoms with Crippen molar-refractivity contribution in [2.45, 2.75) is 17.7 Å². The van der Waals surface area contributed by atoms with Gasteiger partial charge in [-0.2, -0.15) is 0 Å². The van der Waals surface area contributed by atoms with Gasteiger partial charge in [-0.3, -0.25) is 14.4 Å². The zero-order chi connectivity index (χ0) is 22.2. The fourth-order valence-corrected chi connectivity index (χ4v) is 6.34. The number of amides is 2. The summed E-state index contributed by atoms with van der Waals surface area (Å²) in [5, 5.41) is 0. The second kappa shape index (κ2) is 6.53. The van der Waals surface area contributed by atoms with Gasteiger partial charge in [-0.25, -0.2) is 4.90 Å². The van der Waals surface area contributed by atoms with Crippen LogP contribution in [0.1, 0.15) is 35.1 Å². The van der Waals surface area contributed by atoms with Gasteiger partial charge in [0.2, 0.25) is 11.8 Å². The molecule has 3 aromatic rings. The Bertz CT molecular complexity index is 1270. The van der Waals surface area contributed by atoms with Crippen molar-refractivity contribution in [1.29, 1.82) is 0 Å². The molecular weight excluding hydrogens is 426 g/mol. The number of carbonyl (C=O) groups excluding carboxylic acids is 3. The van der Waals surface area contributed by atoms with Gasteiger partial charge in [0.05, 0.1) is 17.5 Å². The lowest BCUT2D eigenvalue weighted by molar-refractivity contribution is -0.132. The second-order valence-corrected chi connectivity index (χ2v) is 9.06. The Hall–Kier alpha value is -3.44. The van der Waals surface area contributed by atoms with Gasteiger partial charge in [-0.05, 0) is 46.5 Å². The molecule has 32 heavy (non-hydrogen) atoms. The smallest absolute Gasteiger partial charge is 0.308 e. The third kappa shape index (κ3) is 2.32. The molecule has 0 saturated carbocycles. The maximum atomic E-state index is 13.8. The van der Waals surface area contributed by atoms with Crippen LogP contribution < -0.4 is 9.64 Å². The number of halogens is 1. The Morgan fingerprint density at radius 1 is 0.875 bits per heavy atom. The Morgan fingerprint density at radius 2 is 1.44 bits per heavy atom. The summed E-state index contributed by atoms with van der Waals surface area (Å²) < 4.78 is 5.08. The molecule has 1 saturated heterocycles. The van der Waals surface area contributed by atoms with Gasteiger partial charge in [0.1, 0.15) is 10.6 Å². The third-order valence-corrected chi connectivity index (χ3v) is 7.51. The molecule has 1 heterocycles. The molecule has 0 spiro atoms. The molecule has 0 radical (unpaired) electrons. The van der Waals surface area contributed by atoms with E-state index in [9.17, 15) is 14.4 Å². The lowest BCUT2D eigenvalue weighted by atomic mass is 9.54. The van der Waals surface area contributed by atoms with Crippen LogP contribution in [0.4, 0.5) is 5.69 Å². The van der Waals surface area contributed by atoms with Gasteiger partial charge in [-0.15, -0.1) is 11.6 Å². The summed E-state index contributed by atoms with van der Waals surface area (Å²) in [5.74, 6) is -2.13. The fourth-order valence-electron chi connectivity index (χ4n) is 5.76. The molecule has 0 N–H and O–H groups in total. The Balaban J connectivity index is 1.50. The van der Waals surface area contributed by atoms with E-state index >= 15 is 0 Å². The molecule has 2 atom stereocenters. The summed E-state index contributed by atoms with van der Waals surface area (Å²) in [7, 11) is 0. The first kappa shape index (κ1) is 19.3. The van der Waals surface area contributed by atoms with Crippen LogP contribution in [0.2, 0.25) is 0 Å². The lowest BCUT2D eigenvalue weighted by Gasteiger charge is -2.50. The first-order valence-electron chi connectivity index (χ1n) is 10.5. The highest BCUT2D eigenvalue weighted by Gasteiger charge is 2.67. The largest absolute Gasteiger partial charge is 0.427 e. The van der Waals surface area contributed by atoms with Gasteiger partial charge in [0, 0.05) is 12.8 Å². The maximum Gasteiger partial charge on any atom is 0.308 e. The summed E-state index contributed by atoms with van der Waals surface area (Å²) in [4.78, 5) is 38.8. The van der Waals surface area contributed by atoms with Crippen LogP contribution in [0.15, 0.2) is 72.8 Å². The number of alkyl halides is 1. The SMILES string of the molecule is CC(=O)Oc1ccc(N2C(=O)[C@H]3C4c5ccccc5C(Cl)(c5ccccc54)[C@H]3C2=O)cc1. The molecule has 6 heteroatoms. The molecule has 3 aliphatic carbocycles. The molecule has 0 aromatic heterocycles. The van der Waals surface area contributed by atoms with Gasteiger partial charge >= 0.3 is 5.97 Å². The van der Waals surface area contributed by atoms with Crippen molar-refractivity contribution < 1.29 is 19.1 Å². The van der Waals surface area contributed by atoms with Gasteiger partial charge in [-0.1, -0.05) is 48.5 Å². The average molecular weight is 444 g/mol. The van der Waals surface area contributed by atoms with Gasteiger partial charge in [0.25, 0.3) is 0 Å². The minimum absolute atomic E-state index is 0.227. The summed E-state index contributed by atoms with van der Waals surface area (Å²) in [5.41, 5.74) is 4.27. The Kier molecular flexibility index (Phi) is 3.93. The molecule has 2 amide bonds.